The van der Waals surface area contributed by atoms with Gasteiger partial charge in [-0.1, -0.05) is 24.4 Å². The summed E-state index contributed by atoms with van der Waals surface area (Å²) < 4.78 is 0. The number of anilines is 1. The fourth-order valence-electron chi connectivity index (χ4n) is 3.10. The first-order valence-corrected chi connectivity index (χ1v) is 8.29. The van der Waals surface area contributed by atoms with Crippen molar-refractivity contribution in [1.29, 1.82) is 0 Å². The van der Waals surface area contributed by atoms with E-state index in [-0.39, 0.29) is 22.7 Å². The Hall–Kier alpha value is -1.40. The number of aromatic nitrogens is 2. The van der Waals surface area contributed by atoms with E-state index >= 15 is 0 Å². The highest BCUT2D eigenvalue weighted by Crippen LogP contribution is 2.22. The number of hydrogen-bond donors (Lipinski definition) is 2. The van der Waals surface area contributed by atoms with Gasteiger partial charge in [0.25, 0.3) is 5.91 Å². The van der Waals surface area contributed by atoms with Gasteiger partial charge in [-0.25, -0.2) is 9.97 Å². The Morgan fingerprint density at radius 3 is 2.73 bits per heavy atom. The normalized spacial score (nSPS) is 25.3. The third-order valence-electron chi connectivity index (χ3n) is 4.38. The van der Waals surface area contributed by atoms with E-state index in [2.05, 4.69) is 20.2 Å². The topological polar surface area (TPSA) is 78.3 Å². The van der Waals surface area contributed by atoms with Crippen molar-refractivity contribution in [2.45, 2.75) is 50.7 Å². The van der Waals surface area contributed by atoms with Crippen LogP contribution in [0.3, 0.4) is 0 Å². The fraction of sp³-hybridized carbons (Fsp3) is 0.667. The molecule has 2 fully saturated rings. The van der Waals surface area contributed by atoms with E-state index in [1.54, 1.807) is 0 Å². The first-order chi connectivity index (χ1) is 10.6. The van der Waals surface area contributed by atoms with Crippen LogP contribution in [0.25, 0.3) is 0 Å². The molecule has 2 aliphatic rings. The Morgan fingerprint density at radius 2 is 2.00 bits per heavy atom. The molecule has 2 atom stereocenters. The van der Waals surface area contributed by atoms with Crippen LogP contribution in [0.5, 0.6) is 0 Å². The van der Waals surface area contributed by atoms with Gasteiger partial charge in [0.2, 0.25) is 5.95 Å². The average molecular weight is 325 g/mol. The smallest absolute Gasteiger partial charge is 0.271 e. The summed E-state index contributed by atoms with van der Waals surface area (Å²) in [5.74, 6) is 0.218. The summed E-state index contributed by atoms with van der Waals surface area (Å²) in [4.78, 5) is 23.0. The highest BCUT2D eigenvalue weighted by atomic mass is 35.5. The van der Waals surface area contributed by atoms with Crippen molar-refractivity contribution in [2.24, 2.45) is 0 Å². The number of hydrogen-bond acceptors (Lipinski definition) is 5. The molecule has 120 valence electrons. The first-order valence-electron chi connectivity index (χ1n) is 7.91. The Labute approximate surface area is 134 Å². The Balaban J connectivity index is 1.74. The molecule has 22 heavy (non-hydrogen) atoms. The zero-order chi connectivity index (χ0) is 15.5. The summed E-state index contributed by atoms with van der Waals surface area (Å²) in [5, 5.41) is 13.1. The summed E-state index contributed by atoms with van der Waals surface area (Å²) in [6.45, 7) is 1.81. The molecular weight excluding hydrogens is 304 g/mol. The van der Waals surface area contributed by atoms with Crippen LogP contribution >= 0.6 is 11.6 Å². The molecule has 1 aromatic rings. The first kappa shape index (κ1) is 15.5. The van der Waals surface area contributed by atoms with E-state index in [1.165, 1.54) is 6.20 Å². The van der Waals surface area contributed by atoms with Crippen LogP contribution in [0.2, 0.25) is 5.02 Å². The van der Waals surface area contributed by atoms with Gasteiger partial charge >= 0.3 is 0 Å². The minimum Gasteiger partial charge on any atom is -0.391 e. The number of carbonyl (C=O) groups excluding carboxylic acids is 1. The van der Waals surface area contributed by atoms with Gasteiger partial charge in [-0.2, -0.15) is 0 Å². The molecule has 0 aromatic carbocycles. The molecule has 0 bridgehead atoms. The molecule has 3 rings (SSSR count). The number of aliphatic hydroxyl groups excluding tert-OH is 1. The van der Waals surface area contributed by atoms with Gasteiger partial charge in [0.1, 0.15) is 0 Å². The lowest BCUT2D eigenvalue weighted by Gasteiger charge is -2.28. The van der Waals surface area contributed by atoms with Crippen molar-refractivity contribution in [2.75, 3.05) is 18.0 Å². The third-order valence-corrected chi connectivity index (χ3v) is 4.66. The second kappa shape index (κ2) is 6.79. The zero-order valence-corrected chi connectivity index (χ0v) is 13.2. The summed E-state index contributed by atoms with van der Waals surface area (Å²) >= 11 is 6.09. The molecule has 1 aromatic heterocycles. The summed E-state index contributed by atoms with van der Waals surface area (Å²) in [7, 11) is 0. The summed E-state index contributed by atoms with van der Waals surface area (Å²) in [6.07, 6.45) is 6.74. The largest absolute Gasteiger partial charge is 0.391 e. The number of aliphatic hydroxyl groups is 1. The maximum Gasteiger partial charge on any atom is 0.271 e. The van der Waals surface area contributed by atoms with Crippen molar-refractivity contribution >= 4 is 23.5 Å². The number of carbonyl (C=O) groups is 1. The van der Waals surface area contributed by atoms with E-state index in [0.29, 0.717) is 5.95 Å². The van der Waals surface area contributed by atoms with Crippen LogP contribution in [-0.4, -0.2) is 46.2 Å². The van der Waals surface area contributed by atoms with Crippen LogP contribution < -0.4 is 10.2 Å². The van der Waals surface area contributed by atoms with Crippen LogP contribution in [0.4, 0.5) is 5.95 Å². The maximum atomic E-state index is 12.4. The van der Waals surface area contributed by atoms with Gasteiger partial charge in [-0.05, 0) is 25.7 Å². The fourth-order valence-corrected chi connectivity index (χ4v) is 3.28. The van der Waals surface area contributed by atoms with E-state index in [0.717, 1.165) is 51.6 Å². The average Bonchev–Trinajstić information content (AvgIpc) is 3.04. The maximum absolute atomic E-state index is 12.4. The lowest BCUT2D eigenvalue weighted by Crippen LogP contribution is -2.45. The molecule has 2 unspecified atom stereocenters. The Bertz CT molecular complexity index is 548. The van der Waals surface area contributed by atoms with E-state index in [9.17, 15) is 9.90 Å². The van der Waals surface area contributed by atoms with E-state index in [1.807, 2.05) is 0 Å². The van der Waals surface area contributed by atoms with Gasteiger partial charge in [-0.3, -0.25) is 4.79 Å². The lowest BCUT2D eigenvalue weighted by atomic mass is 9.92. The lowest BCUT2D eigenvalue weighted by molar-refractivity contribution is 0.0714. The molecule has 6 nitrogen and oxygen atoms in total. The van der Waals surface area contributed by atoms with Crippen molar-refractivity contribution < 1.29 is 9.90 Å². The van der Waals surface area contributed by atoms with Crippen LogP contribution in [0.1, 0.15) is 49.0 Å². The van der Waals surface area contributed by atoms with Gasteiger partial charge in [-0.15, -0.1) is 0 Å². The number of halogens is 1. The molecule has 2 heterocycles. The monoisotopic (exact) mass is 324 g/mol. The molecule has 1 aliphatic heterocycles. The molecular formula is C15H21ClN4O2. The van der Waals surface area contributed by atoms with Crippen molar-refractivity contribution in [1.82, 2.24) is 15.3 Å². The van der Waals surface area contributed by atoms with Crippen molar-refractivity contribution in [3.63, 3.8) is 0 Å². The molecule has 1 saturated carbocycles. The highest BCUT2D eigenvalue weighted by molar-refractivity contribution is 6.33. The van der Waals surface area contributed by atoms with Gasteiger partial charge in [0.15, 0.2) is 5.69 Å². The Kier molecular flexibility index (Phi) is 4.78. The van der Waals surface area contributed by atoms with E-state index in [4.69, 9.17) is 11.6 Å². The third kappa shape index (κ3) is 3.33. The van der Waals surface area contributed by atoms with Gasteiger partial charge in [0.05, 0.1) is 23.4 Å². The van der Waals surface area contributed by atoms with Crippen LogP contribution in [0, 0.1) is 0 Å². The number of rotatable bonds is 3. The second-order valence-electron chi connectivity index (χ2n) is 5.99. The van der Waals surface area contributed by atoms with Crippen LogP contribution in [0.15, 0.2) is 6.20 Å². The molecule has 1 saturated heterocycles. The standard InChI is InChI=1S/C15H21ClN4O2/c16-10-9-17-15(20-7-3-4-8-20)19-13(10)14(22)18-11-5-1-2-6-12(11)21/h9,11-12,21H,1-8H2,(H,18,22). The van der Waals surface area contributed by atoms with Gasteiger partial charge in [0, 0.05) is 13.1 Å². The number of nitrogens with zero attached hydrogens (tertiary/aromatic N) is 3. The SMILES string of the molecule is O=C(NC1CCCCC1O)c1nc(N2CCCC2)ncc1Cl. The number of nitrogens with one attached hydrogen (secondary N) is 1. The quantitative estimate of drug-likeness (QED) is 0.886. The van der Waals surface area contributed by atoms with Crippen molar-refractivity contribution in [3.05, 3.63) is 16.9 Å². The Morgan fingerprint density at radius 1 is 1.27 bits per heavy atom. The highest BCUT2D eigenvalue weighted by Gasteiger charge is 2.27. The molecule has 0 radical (unpaired) electrons. The second-order valence-corrected chi connectivity index (χ2v) is 6.40. The zero-order valence-electron chi connectivity index (χ0n) is 12.5. The number of amides is 1. The van der Waals surface area contributed by atoms with Crippen molar-refractivity contribution in [3.8, 4) is 0 Å². The molecule has 1 aliphatic carbocycles. The van der Waals surface area contributed by atoms with Crippen LogP contribution in [-0.2, 0) is 0 Å². The predicted molar refractivity (Wildman–Crippen MR) is 84.2 cm³/mol. The van der Waals surface area contributed by atoms with Gasteiger partial charge < -0.3 is 15.3 Å². The molecule has 2 N–H and O–H groups in total. The summed E-state index contributed by atoms with van der Waals surface area (Å²) in [5.41, 5.74) is 0.191. The molecule has 1 amide bonds. The molecule has 7 heteroatoms. The summed E-state index contributed by atoms with van der Waals surface area (Å²) in [6, 6.07) is -0.220. The predicted octanol–water partition coefficient (Wildman–Crippen LogP) is 1.76. The van der Waals surface area contributed by atoms with E-state index < -0.39 is 6.10 Å². The minimum absolute atomic E-state index is 0.191. The molecule has 0 spiro atoms. The minimum atomic E-state index is -0.489.